The predicted octanol–water partition coefficient (Wildman–Crippen LogP) is 0.893. The maximum atomic E-state index is 14.4. The van der Waals surface area contributed by atoms with Gasteiger partial charge in [0, 0.05) is 48.7 Å². The number of H-pyrrole nitrogens is 1. The first-order valence-corrected chi connectivity index (χ1v) is 21.2. The van der Waals surface area contributed by atoms with Gasteiger partial charge in [-0.3, -0.25) is 33.8 Å². The van der Waals surface area contributed by atoms with E-state index in [2.05, 4.69) is 49.2 Å². The van der Waals surface area contributed by atoms with Gasteiger partial charge in [-0.05, 0) is 48.6 Å². The van der Waals surface area contributed by atoms with Crippen molar-refractivity contribution < 1.29 is 38.3 Å². The lowest BCUT2D eigenvalue weighted by atomic mass is 10.0. The molecule has 0 saturated heterocycles. The minimum Gasteiger partial charge on any atom is -0.459 e. The van der Waals surface area contributed by atoms with Gasteiger partial charge in [0.2, 0.25) is 35.4 Å². The number of thiol groups is 1. The van der Waals surface area contributed by atoms with Gasteiger partial charge in [-0.15, -0.1) is 0 Å². The quantitative estimate of drug-likeness (QED) is 0.0147. The Kier molecular flexibility index (Phi) is 19.5. The molecular weight excluding hydrogens is 829 g/mol. The number of hydrogen-bond donors (Lipinski definition) is 10. The van der Waals surface area contributed by atoms with E-state index in [1.165, 1.54) is 12.1 Å². The van der Waals surface area contributed by atoms with Gasteiger partial charge in [-0.1, -0.05) is 80.1 Å². The number of rotatable bonds is 25. The molecule has 1 aromatic heterocycles. The molecule has 1 heterocycles. The zero-order valence-corrected chi connectivity index (χ0v) is 35.9. The molecule has 19 heteroatoms. The number of hydrogen-bond acceptors (Lipinski definition) is 10. The summed E-state index contributed by atoms with van der Waals surface area (Å²) in [5.74, 6) is -5.41. The largest absolute Gasteiger partial charge is 0.459 e. The third-order valence-corrected chi connectivity index (χ3v) is 10.2. The number of carbonyl (C=O) groups is 7. The zero-order chi connectivity index (χ0) is 45.7. The minimum atomic E-state index is -1.39. The Hall–Kier alpha value is -6.89. The minimum absolute atomic E-state index is 0.0200. The number of esters is 1. The zero-order valence-electron chi connectivity index (χ0n) is 35.0. The molecule has 0 saturated carbocycles. The van der Waals surface area contributed by atoms with Gasteiger partial charge in [0.25, 0.3) is 0 Å². The molecule has 0 fully saturated rings. The van der Waals surface area contributed by atoms with Crippen molar-refractivity contribution in [2.75, 3.05) is 18.9 Å². The highest BCUT2D eigenvalue weighted by Crippen LogP contribution is 2.20. The number of aromatic amines is 1. The number of nitrogens with one attached hydrogen (secondary N) is 6. The summed E-state index contributed by atoms with van der Waals surface area (Å²) in [6.45, 7) is 1.45. The molecule has 18 nitrogen and oxygen atoms in total. The molecule has 63 heavy (non-hydrogen) atoms. The molecular formula is C44H56N10O8S. The van der Waals surface area contributed by atoms with Gasteiger partial charge in [-0.2, -0.15) is 12.6 Å². The number of primary amides is 1. The Morgan fingerprint density at radius 1 is 0.683 bits per heavy atom. The lowest BCUT2D eigenvalue weighted by molar-refractivity contribution is -0.135. The van der Waals surface area contributed by atoms with Crippen molar-refractivity contribution in [2.24, 2.45) is 22.2 Å². The predicted molar refractivity (Wildman–Crippen MR) is 241 cm³/mol. The van der Waals surface area contributed by atoms with E-state index < -0.39 is 78.2 Å². The summed E-state index contributed by atoms with van der Waals surface area (Å²) in [5.41, 5.74) is 18.9. The fourth-order valence-corrected chi connectivity index (χ4v) is 6.73. The summed E-state index contributed by atoms with van der Waals surface area (Å²) < 4.78 is 5.45. The molecule has 0 aliphatic carbocycles. The van der Waals surface area contributed by atoms with Crippen LogP contribution in [0, 0.1) is 0 Å². The highest BCUT2D eigenvalue weighted by Gasteiger charge is 2.33. The average Bonchev–Trinajstić information content (AvgIpc) is 3.69. The van der Waals surface area contributed by atoms with Gasteiger partial charge in [-0.25, -0.2) is 4.79 Å². The number of carbonyl (C=O) groups excluding carboxylic acids is 7. The van der Waals surface area contributed by atoms with Crippen LogP contribution >= 0.6 is 12.6 Å². The van der Waals surface area contributed by atoms with Crippen molar-refractivity contribution in [3.05, 3.63) is 108 Å². The van der Waals surface area contributed by atoms with Crippen LogP contribution in [0.25, 0.3) is 10.9 Å². The first-order chi connectivity index (χ1) is 30.3. The molecule has 0 bridgehead atoms. The van der Waals surface area contributed by atoms with E-state index in [1.807, 2.05) is 31.2 Å². The molecule has 0 radical (unpaired) electrons. The fourth-order valence-electron chi connectivity index (χ4n) is 6.46. The van der Waals surface area contributed by atoms with E-state index in [-0.39, 0.29) is 55.9 Å². The Balaban J connectivity index is 1.63. The monoisotopic (exact) mass is 884 g/mol. The topological polar surface area (TPSA) is 295 Å². The SMILES string of the molecule is CCCCC(=O)N[C@@H](COC(=O)c1ccccc1)C(=O)N[C@@H](Cc1ccccc1)C(=O)N[C@@H](CCCN=C(N)N)C(=O)N[C@H](Cc1c[nH]c2ccccc12)C(=O)N[C@@H](CS)C(N)=O. The lowest BCUT2D eigenvalue weighted by Gasteiger charge is -2.27. The maximum Gasteiger partial charge on any atom is 0.338 e. The number of aromatic nitrogens is 1. The summed E-state index contributed by atoms with van der Waals surface area (Å²) in [6.07, 6.45) is 3.17. The number of ether oxygens (including phenoxy) is 1. The molecule has 6 amide bonds. The van der Waals surface area contributed by atoms with Crippen molar-refractivity contribution in [3.8, 4) is 0 Å². The summed E-state index contributed by atoms with van der Waals surface area (Å²) in [4.78, 5) is 101. The van der Waals surface area contributed by atoms with E-state index in [0.29, 0.717) is 24.0 Å². The Morgan fingerprint density at radius 3 is 1.89 bits per heavy atom. The van der Waals surface area contributed by atoms with Crippen molar-refractivity contribution in [1.82, 2.24) is 31.6 Å². The number of amides is 6. The number of fused-ring (bicyclic) bond motifs is 1. The molecule has 0 spiro atoms. The molecule has 336 valence electrons. The summed E-state index contributed by atoms with van der Waals surface area (Å²) in [7, 11) is 0. The lowest BCUT2D eigenvalue weighted by Crippen LogP contribution is -2.60. The van der Waals surface area contributed by atoms with Crippen molar-refractivity contribution >= 4 is 70.9 Å². The van der Waals surface area contributed by atoms with Crippen LogP contribution in [0.4, 0.5) is 0 Å². The highest BCUT2D eigenvalue weighted by molar-refractivity contribution is 7.80. The number of aliphatic imine (C=N–C) groups is 1. The van der Waals surface area contributed by atoms with E-state index in [4.69, 9.17) is 21.9 Å². The number of para-hydroxylation sites is 1. The van der Waals surface area contributed by atoms with Crippen LogP contribution in [0.2, 0.25) is 0 Å². The highest BCUT2D eigenvalue weighted by atomic mass is 32.1. The fraction of sp³-hybridized carbons (Fsp3) is 0.364. The number of benzene rings is 3. The first kappa shape index (κ1) is 48.8. The van der Waals surface area contributed by atoms with E-state index >= 15 is 0 Å². The molecule has 12 N–H and O–H groups in total. The third kappa shape index (κ3) is 15.8. The standard InChI is InChI=1S/C44H56N10O8S/c1-2-3-20-37(55)50-35(25-62-43(61)28-15-8-5-9-16-28)42(60)52-33(22-27-13-6-4-7-14-27)40(58)51-32(19-12-21-48-44(46)47)39(57)53-34(41(59)54-36(26-63)38(45)56)23-29-24-49-31-18-11-10-17-30(29)31/h4-11,13-18,24,32-36,49,63H,2-3,12,19-23,25-26H2,1H3,(H2,45,56)(H,50,55)(H,51,58)(H,52,60)(H,53,57)(H,54,59)(H4,46,47,48)/t32-,33-,34+,35-,36-/m0/s1. The third-order valence-electron chi connectivity index (χ3n) is 9.87. The van der Waals surface area contributed by atoms with E-state index in [9.17, 15) is 33.6 Å². The van der Waals surface area contributed by atoms with Gasteiger partial charge < -0.3 is 53.5 Å². The van der Waals surface area contributed by atoms with Crippen molar-refractivity contribution in [1.29, 1.82) is 0 Å². The van der Waals surface area contributed by atoms with E-state index in [1.54, 1.807) is 54.7 Å². The van der Waals surface area contributed by atoms with Crippen LogP contribution < -0.4 is 43.8 Å². The van der Waals surface area contributed by atoms with Crippen LogP contribution in [0.3, 0.4) is 0 Å². The van der Waals surface area contributed by atoms with Crippen LogP contribution in [0.5, 0.6) is 0 Å². The van der Waals surface area contributed by atoms with Crippen LogP contribution in [0.1, 0.15) is 60.5 Å². The van der Waals surface area contributed by atoms with Gasteiger partial charge in [0.1, 0.15) is 36.8 Å². The molecule has 5 atom stereocenters. The number of nitrogens with two attached hydrogens (primary N) is 3. The second-order valence-corrected chi connectivity index (χ2v) is 15.1. The van der Waals surface area contributed by atoms with Crippen LogP contribution in [0.15, 0.2) is 96.1 Å². The average molecular weight is 885 g/mol. The molecule has 0 aliphatic heterocycles. The summed E-state index contributed by atoms with van der Waals surface area (Å²) in [5, 5.41) is 14.1. The molecule has 0 aliphatic rings. The van der Waals surface area contributed by atoms with Gasteiger partial charge in [0.05, 0.1) is 5.56 Å². The van der Waals surface area contributed by atoms with Crippen LogP contribution in [-0.4, -0.2) is 101 Å². The summed E-state index contributed by atoms with van der Waals surface area (Å²) >= 11 is 4.14. The van der Waals surface area contributed by atoms with Crippen molar-refractivity contribution in [3.63, 3.8) is 0 Å². The number of guanidine groups is 1. The van der Waals surface area contributed by atoms with Crippen LogP contribution in [-0.2, 0) is 46.3 Å². The maximum absolute atomic E-state index is 14.4. The van der Waals surface area contributed by atoms with Gasteiger partial charge >= 0.3 is 5.97 Å². The summed E-state index contributed by atoms with van der Waals surface area (Å²) in [6, 6.07) is 17.8. The molecule has 0 unspecified atom stereocenters. The van der Waals surface area contributed by atoms with E-state index in [0.717, 1.165) is 10.9 Å². The van der Waals surface area contributed by atoms with Gasteiger partial charge in [0.15, 0.2) is 5.96 Å². The molecule has 4 aromatic rings. The number of unbranched alkanes of at least 4 members (excludes halogenated alkanes) is 1. The number of nitrogens with zero attached hydrogens (tertiary/aromatic N) is 1. The second-order valence-electron chi connectivity index (χ2n) is 14.7. The second kappa shape index (κ2) is 25.1. The smallest absolute Gasteiger partial charge is 0.338 e. The normalized spacial score (nSPS) is 13.2. The first-order valence-electron chi connectivity index (χ1n) is 20.6. The Morgan fingerprint density at radius 2 is 1.25 bits per heavy atom. The van der Waals surface area contributed by atoms with Crippen molar-refractivity contribution in [2.45, 2.75) is 82.1 Å². The molecule has 4 rings (SSSR count). The molecule has 3 aromatic carbocycles. The Bertz CT molecular complexity index is 2200. The Labute approximate surface area is 370 Å².